The molecule has 1 amide bonds. The number of benzene rings is 2. The van der Waals surface area contributed by atoms with Gasteiger partial charge in [-0.15, -0.1) is 5.10 Å². The van der Waals surface area contributed by atoms with Crippen LogP contribution in [-0.4, -0.2) is 37.1 Å². The minimum atomic E-state index is -0.485. The summed E-state index contributed by atoms with van der Waals surface area (Å²) in [6.07, 6.45) is 0. The SMILES string of the molecule is Cc1ccc(-n2nnnc2S[C@@H](C)C(=O)c2ccc(NC(=O)C(C)(C)C)cc2)cc1. The Morgan fingerprint density at radius 1 is 1.03 bits per heavy atom. The average molecular weight is 424 g/mol. The fourth-order valence-corrected chi connectivity index (χ4v) is 3.47. The molecule has 0 saturated heterocycles. The molecule has 1 atom stereocenters. The van der Waals surface area contributed by atoms with E-state index in [0.29, 0.717) is 16.4 Å². The van der Waals surface area contributed by atoms with Crippen LogP contribution in [0.3, 0.4) is 0 Å². The van der Waals surface area contributed by atoms with E-state index in [4.69, 9.17) is 0 Å². The first-order valence-corrected chi connectivity index (χ1v) is 10.5. The summed E-state index contributed by atoms with van der Waals surface area (Å²) in [4.78, 5) is 25.0. The lowest BCUT2D eigenvalue weighted by Crippen LogP contribution is -2.27. The molecule has 3 rings (SSSR count). The molecule has 1 heterocycles. The van der Waals surface area contributed by atoms with Crippen molar-refractivity contribution in [1.82, 2.24) is 20.2 Å². The summed E-state index contributed by atoms with van der Waals surface area (Å²) >= 11 is 1.30. The van der Waals surface area contributed by atoms with E-state index in [1.165, 1.54) is 11.8 Å². The van der Waals surface area contributed by atoms with Gasteiger partial charge in [0.1, 0.15) is 0 Å². The molecular formula is C22H25N5O2S. The van der Waals surface area contributed by atoms with Crippen molar-refractivity contribution in [3.8, 4) is 5.69 Å². The van der Waals surface area contributed by atoms with E-state index >= 15 is 0 Å². The maximum Gasteiger partial charge on any atom is 0.229 e. The van der Waals surface area contributed by atoms with Crippen LogP contribution in [-0.2, 0) is 4.79 Å². The smallest absolute Gasteiger partial charge is 0.229 e. The van der Waals surface area contributed by atoms with Gasteiger partial charge in [-0.25, -0.2) is 0 Å². The third kappa shape index (κ3) is 5.13. The summed E-state index contributed by atoms with van der Waals surface area (Å²) in [6, 6.07) is 14.8. The number of Topliss-reactive ketones (excluding diaryl/α,β-unsaturated/α-hetero) is 1. The third-order valence-corrected chi connectivity index (χ3v) is 5.51. The van der Waals surface area contributed by atoms with Crippen molar-refractivity contribution >= 4 is 29.1 Å². The van der Waals surface area contributed by atoms with Crippen LogP contribution in [0.4, 0.5) is 5.69 Å². The van der Waals surface area contributed by atoms with Gasteiger partial charge in [-0.2, -0.15) is 4.68 Å². The van der Waals surface area contributed by atoms with Gasteiger partial charge in [-0.05, 0) is 60.7 Å². The van der Waals surface area contributed by atoms with E-state index in [9.17, 15) is 9.59 Å². The normalized spacial score (nSPS) is 12.4. The summed E-state index contributed by atoms with van der Waals surface area (Å²) in [5.74, 6) is -0.111. The molecule has 7 nitrogen and oxygen atoms in total. The van der Waals surface area contributed by atoms with Crippen LogP contribution in [0.25, 0.3) is 5.69 Å². The number of aromatic nitrogens is 4. The van der Waals surface area contributed by atoms with Gasteiger partial charge in [0.05, 0.1) is 10.9 Å². The van der Waals surface area contributed by atoms with Gasteiger partial charge in [0.2, 0.25) is 11.1 Å². The summed E-state index contributed by atoms with van der Waals surface area (Å²) < 4.78 is 1.62. The van der Waals surface area contributed by atoms with Crippen molar-refractivity contribution < 1.29 is 9.59 Å². The number of tetrazole rings is 1. The Labute approximate surface area is 180 Å². The number of hydrogen-bond donors (Lipinski definition) is 1. The number of thioether (sulfide) groups is 1. The molecule has 0 unspecified atom stereocenters. The Morgan fingerprint density at radius 3 is 2.27 bits per heavy atom. The Balaban J connectivity index is 1.69. The Bertz CT molecular complexity index is 1040. The number of rotatable bonds is 6. The van der Waals surface area contributed by atoms with Crippen molar-refractivity contribution in [1.29, 1.82) is 0 Å². The molecule has 3 aromatic rings. The molecule has 30 heavy (non-hydrogen) atoms. The molecule has 1 aromatic heterocycles. The van der Waals surface area contributed by atoms with E-state index in [1.807, 2.05) is 58.9 Å². The number of nitrogens with one attached hydrogen (secondary N) is 1. The van der Waals surface area contributed by atoms with Crippen molar-refractivity contribution in [3.05, 3.63) is 59.7 Å². The molecular weight excluding hydrogens is 398 g/mol. The van der Waals surface area contributed by atoms with Crippen molar-refractivity contribution in [2.75, 3.05) is 5.32 Å². The van der Waals surface area contributed by atoms with Crippen LogP contribution in [0.1, 0.15) is 43.6 Å². The fraction of sp³-hybridized carbons (Fsp3) is 0.318. The predicted molar refractivity (Wildman–Crippen MR) is 118 cm³/mol. The fourth-order valence-electron chi connectivity index (χ4n) is 2.58. The average Bonchev–Trinajstić information content (AvgIpc) is 3.16. The maximum atomic E-state index is 12.9. The second kappa shape index (κ2) is 8.79. The van der Waals surface area contributed by atoms with Crippen LogP contribution in [0.5, 0.6) is 0 Å². The quantitative estimate of drug-likeness (QED) is 0.469. The highest BCUT2D eigenvalue weighted by Crippen LogP contribution is 2.26. The van der Waals surface area contributed by atoms with Gasteiger partial charge >= 0.3 is 0 Å². The van der Waals surface area contributed by atoms with Gasteiger partial charge in [0.25, 0.3) is 0 Å². The Hall–Kier alpha value is -3.00. The number of carbonyl (C=O) groups is 2. The molecule has 156 valence electrons. The monoisotopic (exact) mass is 423 g/mol. The van der Waals surface area contributed by atoms with Crippen LogP contribution >= 0.6 is 11.8 Å². The highest BCUT2D eigenvalue weighted by atomic mass is 32.2. The summed E-state index contributed by atoms with van der Waals surface area (Å²) in [6.45, 7) is 9.39. The maximum absolute atomic E-state index is 12.9. The van der Waals surface area contributed by atoms with Crippen LogP contribution in [0, 0.1) is 12.3 Å². The number of ketones is 1. The standard InChI is InChI=1S/C22H25N5O2S/c1-14-6-12-18(13-7-14)27-21(24-25-26-27)30-15(2)19(28)16-8-10-17(11-9-16)23-20(29)22(3,4)5/h6-13,15H,1-5H3,(H,23,29)/t15-/m0/s1. The zero-order chi connectivity index (χ0) is 21.9. The molecule has 0 bridgehead atoms. The van der Waals surface area contributed by atoms with E-state index < -0.39 is 5.41 Å². The summed E-state index contributed by atoms with van der Waals surface area (Å²) in [5, 5.41) is 14.9. The molecule has 0 spiro atoms. The number of hydrogen-bond acceptors (Lipinski definition) is 6. The molecule has 8 heteroatoms. The van der Waals surface area contributed by atoms with E-state index in [-0.39, 0.29) is 16.9 Å². The predicted octanol–water partition coefficient (Wildman–Crippen LogP) is 4.32. The molecule has 0 aliphatic heterocycles. The minimum absolute atomic E-state index is 0.0350. The molecule has 0 aliphatic carbocycles. The lowest BCUT2D eigenvalue weighted by molar-refractivity contribution is -0.123. The first-order chi connectivity index (χ1) is 14.1. The minimum Gasteiger partial charge on any atom is -0.326 e. The second-order valence-corrected chi connectivity index (χ2v) is 9.42. The molecule has 0 radical (unpaired) electrons. The second-order valence-electron chi connectivity index (χ2n) is 8.11. The van der Waals surface area contributed by atoms with Gasteiger partial charge in [-0.1, -0.05) is 50.2 Å². The van der Waals surface area contributed by atoms with Crippen molar-refractivity contribution in [2.24, 2.45) is 5.41 Å². The summed E-state index contributed by atoms with van der Waals surface area (Å²) in [7, 11) is 0. The first-order valence-electron chi connectivity index (χ1n) is 9.63. The molecule has 1 N–H and O–H groups in total. The molecule has 2 aromatic carbocycles. The largest absolute Gasteiger partial charge is 0.326 e. The topological polar surface area (TPSA) is 89.8 Å². The van der Waals surface area contributed by atoms with Crippen LogP contribution in [0.2, 0.25) is 0 Å². The molecule has 0 fully saturated rings. The highest BCUT2D eigenvalue weighted by Gasteiger charge is 2.22. The first kappa shape index (κ1) is 21.7. The van der Waals surface area contributed by atoms with Gasteiger partial charge in [0.15, 0.2) is 5.78 Å². The Morgan fingerprint density at radius 2 is 1.67 bits per heavy atom. The molecule has 0 saturated carbocycles. The Kier molecular flexibility index (Phi) is 6.36. The number of nitrogens with zero attached hydrogens (tertiary/aromatic N) is 4. The van der Waals surface area contributed by atoms with Crippen LogP contribution in [0.15, 0.2) is 53.7 Å². The zero-order valence-corrected chi connectivity index (χ0v) is 18.5. The van der Waals surface area contributed by atoms with Crippen molar-refractivity contribution in [2.45, 2.75) is 45.0 Å². The zero-order valence-electron chi connectivity index (χ0n) is 17.7. The third-order valence-electron chi connectivity index (χ3n) is 4.48. The van der Waals surface area contributed by atoms with E-state index in [2.05, 4.69) is 20.8 Å². The van der Waals surface area contributed by atoms with Crippen molar-refractivity contribution in [3.63, 3.8) is 0 Å². The lowest BCUT2D eigenvalue weighted by atomic mass is 9.95. The number of aryl methyl sites for hydroxylation is 1. The summed E-state index contributed by atoms with van der Waals surface area (Å²) in [5.41, 5.74) is 2.73. The van der Waals surface area contributed by atoms with Crippen LogP contribution < -0.4 is 5.32 Å². The van der Waals surface area contributed by atoms with Gasteiger partial charge in [0, 0.05) is 16.7 Å². The number of carbonyl (C=O) groups excluding carboxylic acids is 2. The number of amides is 1. The number of anilines is 1. The van der Waals surface area contributed by atoms with E-state index in [1.54, 1.807) is 28.9 Å². The lowest BCUT2D eigenvalue weighted by Gasteiger charge is -2.17. The molecule has 0 aliphatic rings. The van der Waals surface area contributed by atoms with E-state index in [0.717, 1.165) is 11.3 Å². The highest BCUT2D eigenvalue weighted by molar-refractivity contribution is 8.00. The van der Waals surface area contributed by atoms with Gasteiger partial charge < -0.3 is 5.32 Å². The van der Waals surface area contributed by atoms with Gasteiger partial charge in [-0.3, -0.25) is 9.59 Å².